The highest BCUT2D eigenvalue weighted by molar-refractivity contribution is 6.08. The number of ether oxygens (including phenoxy) is 1. The summed E-state index contributed by atoms with van der Waals surface area (Å²) in [5, 5.41) is 5.28. The van der Waals surface area contributed by atoms with Gasteiger partial charge < -0.3 is 15.4 Å². The second kappa shape index (κ2) is 8.59. The zero-order valence-corrected chi connectivity index (χ0v) is 17.9. The summed E-state index contributed by atoms with van der Waals surface area (Å²) in [7, 11) is 0. The number of imide groups is 1. The van der Waals surface area contributed by atoms with Crippen LogP contribution in [0.5, 0.6) is 0 Å². The fourth-order valence-corrected chi connectivity index (χ4v) is 3.41. The van der Waals surface area contributed by atoms with Gasteiger partial charge in [0.25, 0.3) is 11.8 Å². The number of hydrogen-bond acceptors (Lipinski definition) is 5. The van der Waals surface area contributed by atoms with E-state index in [0.29, 0.717) is 11.3 Å². The number of nitrogens with one attached hydrogen (secondary N) is 2. The molecule has 1 saturated heterocycles. The first-order valence-electron chi connectivity index (χ1n) is 9.84. The molecule has 0 aliphatic carbocycles. The molecule has 2 aromatic rings. The first-order valence-corrected chi connectivity index (χ1v) is 9.84. The molecule has 0 saturated carbocycles. The first kappa shape index (κ1) is 22.0. The van der Waals surface area contributed by atoms with E-state index in [0.717, 1.165) is 16.0 Å². The Labute approximate surface area is 180 Å². The Hall–Kier alpha value is -3.68. The predicted molar refractivity (Wildman–Crippen MR) is 114 cm³/mol. The van der Waals surface area contributed by atoms with E-state index in [1.807, 2.05) is 32.0 Å². The van der Waals surface area contributed by atoms with Crippen LogP contribution in [0.3, 0.4) is 0 Å². The molecule has 3 rings (SSSR count). The molecule has 0 spiro atoms. The third kappa shape index (κ3) is 5.09. The Balaban J connectivity index is 1.78. The number of amides is 4. The van der Waals surface area contributed by atoms with E-state index in [2.05, 4.69) is 10.6 Å². The first-order chi connectivity index (χ1) is 14.6. The van der Waals surface area contributed by atoms with Crippen molar-refractivity contribution in [2.75, 3.05) is 11.9 Å². The third-order valence-corrected chi connectivity index (χ3v) is 4.81. The molecule has 0 aromatic heterocycles. The van der Waals surface area contributed by atoms with Crippen molar-refractivity contribution < 1.29 is 23.9 Å². The summed E-state index contributed by atoms with van der Waals surface area (Å²) in [6.07, 6.45) is -1.25. The standard InChI is InChI=1S/C23H25N3O5/c1-14-10-15(2)12-17(11-14)24-20(28)19(16-8-6-5-7-9-16)31-18(27)13-26-21(29)23(3,4)25-22(26)30/h5-12,19H,13H2,1-4H3,(H,24,28)(H,25,30). The summed E-state index contributed by atoms with van der Waals surface area (Å²) < 4.78 is 5.43. The van der Waals surface area contributed by atoms with Crippen molar-refractivity contribution in [2.45, 2.75) is 39.3 Å². The minimum Gasteiger partial charge on any atom is -0.446 e. The van der Waals surface area contributed by atoms with Crippen LogP contribution in [0.1, 0.15) is 36.6 Å². The summed E-state index contributed by atoms with van der Waals surface area (Å²) in [4.78, 5) is 50.7. The van der Waals surface area contributed by atoms with Gasteiger partial charge in [-0.05, 0) is 51.0 Å². The maximum Gasteiger partial charge on any atom is 0.327 e. The Kier molecular flexibility index (Phi) is 6.10. The van der Waals surface area contributed by atoms with Gasteiger partial charge in [0, 0.05) is 11.3 Å². The summed E-state index contributed by atoms with van der Waals surface area (Å²) in [5.74, 6) is -1.95. The van der Waals surface area contributed by atoms with Crippen LogP contribution in [0, 0.1) is 13.8 Å². The number of hydrogen-bond donors (Lipinski definition) is 2. The molecule has 2 N–H and O–H groups in total. The van der Waals surface area contributed by atoms with Crippen molar-refractivity contribution in [2.24, 2.45) is 0 Å². The SMILES string of the molecule is Cc1cc(C)cc(NC(=O)C(OC(=O)CN2C(=O)NC(C)(C)C2=O)c2ccccc2)c1. The van der Waals surface area contributed by atoms with Gasteiger partial charge in [0.15, 0.2) is 0 Å². The molecule has 1 heterocycles. The monoisotopic (exact) mass is 423 g/mol. The van der Waals surface area contributed by atoms with E-state index in [9.17, 15) is 19.2 Å². The molecular weight excluding hydrogens is 398 g/mol. The van der Waals surface area contributed by atoms with Gasteiger partial charge in [0.05, 0.1) is 0 Å². The highest BCUT2D eigenvalue weighted by Gasteiger charge is 2.45. The van der Waals surface area contributed by atoms with Gasteiger partial charge in [-0.2, -0.15) is 0 Å². The van der Waals surface area contributed by atoms with Crippen molar-refractivity contribution in [1.29, 1.82) is 0 Å². The van der Waals surface area contributed by atoms with E-state index >= 15 is 0 Å². The largest absolute Gasteiger partial charge is 0.446 e. The molecular formula is C23H25N3O5. The van der Waals surface area contributed by atoms with Gasteiger partial charge in [0.1, 0.15) is 12.1 Å². The lowest BCUT2D eigenvalue weighted by Gasteiger charge is -2.20. The number of carbonyl (C=O) groups excluding carboxylic acids is 4. The second-order valence-corrected chi connectivity index (χ2v) is 8.09. The lowest BCUT2D eigenvalue weighted by atomic mass is 10.1. The molecule has 31 heavy (non-hydrogen) atoms. The second-order valence-electron chi connectivity index (χ2n) is 8.09. The molecule has 0 bridgehead atoms. The fraction of sp³-hybridized carbons (Fsp3) is 0.304. The molecule has 0 radical (unpaired) electrons. The number of esters is 1. The quantitative estimate of drug-likeness (QED) is 0.549. The molecule has 8 heteroatoms. The van der Waals surface area contributed by atoms with Crippen molar-refractivity contribution in [3.8, 4) is 0 Å². The highest BCUT2D eigenvalue weighted by Crippen LogP contribution is 2.23. The average molecular weight is 423 g/mol. The van der Waals surface area contributed by atoms with Crippen molar-refractivity contribution in [3.63, 3.8) is 0 Å². The summed E-state index contributed by atoms with van der Waals surface area (Å²) in [6, 6.07) is 13.5. The molecule has 1 atom stereocenters. The predicted octanol–water partition coefficient (Wildman–Crippen LogP) is 2.86. The molecule has 2 aromatic carbocycles. The van der Waals surface area contributed by atoms with Crippen LogP contribution in [-0.4, -0.2) is 40.8 Å². The Morgan fingerprint density at radius 2 is 1.68 bits per heavy atom. The molecule has 1 aliphatic rings. The summed E-state index contributed by atoms with van der Waals surface area (Å²) >= 11 is 0. The number of carbonyl (C=O) groups is 4. The average Bonchev–Trinajstić information content (AvgIpc) is 2.87. The van der Waals surface area contributed by atoms with E-state index in [1.165, 1.54) is 0 Å². The van der Waals surface area contributed by atoms with E-state index in [4.69, 9.17) is 4.74 Å². The molecule has 8 nitrogen and oxygen atoms in total. The lowest BCUT2D eigenvalue weighted by molar-refractivity contribution is -0.156. The van der Waals surface area contributed by atoms with Gasteiger partial charge in [-0.15, -0.1) is 0 Å². The van der Waals surface area contributed by atoms with Gasteiger partial charge in [0.2, 0.25) is 6.10 Å². The summed E-state index contributed by atoms with van der Waals surface area (Å²) in [6.45, 7) is 6.33. The van der Waals surface area contributed by atoms with Gasteiger partial charge in [-0.25, -0.2) is 4.79 Å². The molecule has 1 aliphatic heterocycles. The number of anilines is 1. The maximum absolute atomic E-state index is 13.0. The van der Waals surface area contributed by atoms with Gasteiger partial charge in [-0.3, -0.25) is 19.3 Å². The molecule has 1 fully saturated rings. The van der Waals surface area contributed by atoms with Crippen LogP contribution < -0.4 is 10.6 Å². The third-order valence-electron chi connectivity index (χ3n) is 4.81. The molecule has 4 amide bonds. The Bertz CT molecular complexity index is 1010. The summed E-state index contributed by atoms with van der Waals surface area (Å²) in [5.41, 5.74) is 1.90. The Morgan fingerprint density at radius 3 is 2.23 bits per heavy atom. The van der Waals surface area contributed by atoms with E-state index in [1.54, 1.807) is 44.2 Å². The van der Waals surface area contributed by atoms with Crippen molar-refractivity contribution >= 4 is 29.5 Å². The molecule has 1 unspecified atom stereocenters. The van der Waals surface area contributed by atoms with Crippen LogP contribution in [-0.2, 0) is 19.1 Å². The van der Waals surface area contributed by atoms with Crippen LogP contribution in [0.25, 0.3) is 0 Å². The number of rotatable bonds is 6. The zero-order valence-electron chi connectivity index (χ0n) is 17.9. The lowest BCUT2D eigenvalue weighted by Crippen LogP contribution is -2.41. The van der Waals surface area contributed by atoms with Crippen LogP contribution in [0.2, 0.25) is 0 Å². The van der Waals surface area contributed by atoms with Crippen molar-refractivity contribution in [1.82, 2.24) is 10.2 Å². The Morgan fingerprint density at radius 1 is 1.06 bits per heavy atom. The maximum atomic E-state index is 13.0. The van der Waals surface area contributed by atoms with E-state index in [-0.39, 0.29) is 0 Å². The van der Waals surface area contributed by atoms with E-state index < -0.39 is 42.0 Å². The van der Waals surface area contributed by atoms with Gasteiger partial charge >= 0.3 is 12.0 Å². The highest BCUT2D eigenvalue weighted by atomic mass is 16.5. The van der Waals surface area contributed by atoms with Crippen molar-refractivity contribution in [3.05, 3.63) is 65.2 Å². The smallest absolute Gasteiger partial charge is 0.327 e. The fourth-order valence-electron chi connectivity index (χ4n) is 3.41. The topological polar surface area (TPSA) is 105 Å². The van der Waals surface area contributed by atoms with Crippen LogP contribution in [0.4, 0.5) is 10.5 Å². The number of aryl methyl sites for hydroxylation is 2. The minimum absolute atomic E-state index is 0.468. The number of benzene rings is 2. The van der Waals surface area contributed by atoms with Gasteiger partial charge in [-0.1, -0.05) is 36.4 Å². The van der Waals surface area contributed by atoms with Crippen LogP contribution >= 0.6 is 0 Å². The van der Waals surface area contributed by atoms with Crippen LogP contribution in [0.15, 0.2) is 48.5 Å². The normalized spacial score (nSPS) is 15.9. The zero-order chi connectivity index (χ0) is 22.8. The minimum atomic E-state index is -1.25. The number of urea groups is 1. The molecule has 162 valence electrons. The number of nitrogens with zero attached hydrogens (tertiary/aromatic N) is 1.